The molecule has 0 spiro atoms. The van der Waals surface area contributed by atoms with Gasteiger partial charge in [0.25, 0.3) is 0 Å². The number of para-hydroxylation sites is 1. The van der Waals surface area contributed by atoms with Crippen LogP contribution >= 0.6 is 0 Å². The van der Waals surface area contributed by atoms with Crippen LogP contribution in [0.1, 0.15) is 12.8 Å². The quantitative estimate of drug-likeness (QED) is 0.843. The number of hydrogen-bond donors (Lipinski definition) is 0. The second-order valence-corrected chi connectivity index (χ2v) is 4.80. The van der Waals surface area contributed by atoms with E-state index in [1.165, 1.54) is 12.8 Å². The molecule has 1 aromatic carbocycles. The Labute approximate surface area is 113 Å². The van der Waals surface area contributed by atoms with Crippen LogP contribution in [0, 0.1) is 0 Å². The molecule has 0 bridgehead atoms. The summed E-state index contributed by atoms with van der Waals surface area (Å²) in [6.45, 7) is 2.14. The van der Waals surface area contributed by atoms with Gasteiger partial charge in [-0.25, -0.2) is 4.98 Å². The molecular formula is C15H18N4. The summed E-state index contributed by atoms with van der Waals surface area (Å²) in [5.74, 6) is 1.78. The lowest BCUT2D eigenvalue weighted by atomic mass is 10.3. The van der Waals surface area contributed by atoms with Gasteiger partial charge in [0.05, 0.1) is 0 Å². The van der Waals surface area contributed by atoms with Gasteiger partial charge in [0.2, 0.25) is 5.95 Å². The van der Waals surface area contributed by atoms with Gasteiger partial charge in [-0.15, -0.1) is 0 Å². The first-order chi connectivity index (χ1) is 9.34. The van der Waals surface area contributed by atoms with Gasteiger partial charge in [0, 0.05) is 32.0 Å². The minimum Gasteiger partial charge on any atom is -0.341 e. The SMILES string of the molecule is CN(c1ccccc1)c1ccnc(N2CCCC2)n1. The molecule has 0 amide bonds. The zero-order valence-corrected chi connectivity index (χ0v) is 11.2. The van der Waals surface area contributed by atoms with Gasteiger partial charge in [0.1, 0.15) is 5.82 Å². The Morgan fingerprint density at radius 2 is 1.79 bits per heavy atom. The largest absolute Gasteiger partial charge is 0.341 e. The minimum absolute atomic E-state index is 0.845. The standard InChI is InChI=1S/C15H18N4/c1-18(13-7-3-2-4-8-13)14-9-10-16-15(17-14)19-11-5-6-12-19/h2-4,7-10H,5-6,11-12H2,1H3. The summed E-state index contributed by atoms with van der Waals surface area (Å²) in [6, 6.07) is 12.2. The number of benzene rings is 1. The molecule has 19 heavy (non-hydrogen) atoms. The molecule has 3 rings (SSSR count). The summed E-state index contributed by atoms with van der Waals surface area (Å²) in [6.07, 6.45) is 4.32. The Bertz CT molecular complexity index is 535. The third-order valence-corrected chi connectivity index (χ3v) is 3.50. The topological polar surface area (TPSA) is 32.3 Å². The first-order valence-electron chi connectivity index (χ1n) is 6.71. The van der Waals surface area contributed by atoms with Crippen LogP contribution in [0.4, 0.5) is 17.5 Å². The summed E-state index contributed by atoms with van der Waals surface area (Å²) in [4.78, 5) is 13.4. The molecule has 98 valence electrons. The molecule has 0 aliphatic carbocycles. The van der Waals surface area contributed by atoms with Crippen molar-refractivity contribution >= 4 is 17.5 Å². The summed E-state index contributed by atoms with van der Waals surface area (Å²) in [5, 5.41) is 0. The summed E-state index contributed by atoms with van der Waals surface area (Å²) >= 11 is 0. The normalized spacial score (nSPS) is 14.7. The maximum atomic E-state index is 4.67. The minimum atomic E-state index is 0.845. The van der Waals surface area contributed by atoms with Crippen LogP contribution in [0.5, 0.6) is 0 Å². The number of anilines is 3. The highest BCUT2D eigenvalue weighted by Gasteiger charge is 2.16. The highest BCUT2D eigenvalue weighted by atomic mass is 15.3. The monoisotopic (exact) mass is 254 g/mol. The lowest BCUT2D eigenvalue weighted by Crippen LogP contribution is -2.21. The average Bonchev–Trinajstić information content (AvgIpc) is 3.02. The van der Waals surface area contributed by atoms with Crippen molar-refractivity contribution in [3.8, 4) is 0 Å². The molecule has 4 heteroatoms. The molecule has 1 fully saturated rings. The molecule has 0 unspecified atom stereocenters. The Kier molecular flexibility index (Phi) is 3.31. The molecule has 1 saturated heterocycles. The van der Waals surface area contributed by atoms with Crippen molar-refractivity contribution in [1.29, 1.82) is 0 Å². The molecular weight excluding hydrogens is 236 g/mol. The second-order valence-electron chi connectivity index (χ2n) is 4.80. The van der Waals surface area contributed by atoms with Crippen molar-refractivity contribution < 1.29 is 0 Å². The van der Waals surface area contributed by atoms with E-state index in [4.69, 9.17) is 0 Å². The number of rotatable bonds is 3. The van der Waals surface area contributed by atoms with Gasteiger partial charge in [-0.1, -0.05) is 18.2 Å². The van der Waals surface area contributed by atoms with E-state index in [9.17, 15) is 0 Å². The highest BCUT2D eigenvalue weighted by molar-refractivity contribution is 5.59. The third-order valence-electron chi connectivity index (χ3n) is 3.50. The van der Waals surface area contributed by atoms with Crippen molar-refractivity contribution in [3.63, 3.8) is 0 Å². The van der Waals surface area contributed by atoms with Crippen LogP contribution < -0.4 is 9.80 Å². The lowest BCUT2D eigenvalue weighted by Gasteiger charge is -2.21. The summed E-state index contributed by atoms with van der Waals surface area (Å²) in [5.41, 5.74) is 1.13. The average molecular weight is 254 g/mol. The summed E-state index contributed by atoms with van der Waals surface area (Å²) < 4.78 is 0. The van der Waals surface area contributed by atoms with E-state index < -0.39 is 0 Å². The second kappa shape index (κ2) is 5.26. The first kappa shape index (κ1) is 12.0. The van der Waals surface area contributed by atoms with Gasteiger partial charge in [-0.05, 0) is 31.0 Å². The van der Waals surface area contributed by atoms with Crippen molar-refractivity contribution in [2.75, 3.05) is 29.9 Å². The molecule has 0 N–H and O–H groups in total. The van der Waals surface area contributed by atoms with Gasteiger partial charge < -0.3 is 9.80 Å². The van der Waals surface area contributed by atoms with Crippen LogP contribution in [-0.2, 0) is 0 Å². The lowest BCUT2D eigenvalue weighted by molar-refractivity contribution is 0.893. The first-order valence-corrected chi connectivity index (χ1v) is 6.71. The fraction of sp³-hybridized carbons (Fsp3) is 0.333. The van der Waals surface area contributed by atoms with E-state index in [1.54, 1.807) is 0 Å². The fourth-order valence-corrected chi connectivity index (χ4v) is 2.38. The van der Waals surface area contributed by atoms with Crippen molar-refractivity contribution in [2.24, 2.45) is 0 Å². The zero-order valence-electron chi connectivity index (χ0n) is 11.2. The molecule has 1 aliphatic rings. The van der Waals surface area contributed by atoms with Gasteiger partial charge >= 0.3 is 0 Å². The maximum Gasteiger partial charge on any atom is 0.227 e. The van der Waals surface area contributed by atoms with Gasteiger partial charge in [-0.3, -0.25) is 0 Å². The Morgan fingerprint density at radius 1 is 1.05 bits per heavy atom. The van der Waals surface area contributed by atoms with Gasteiger partial charge in [-0.2, -0.15) is 4.98 Å². The van der Waals surface area contributed by atoms with Crippen molar-refractivity contribution in [2.45, 2.75) is 12.8 Å². The summed E-state index contributed by atoms with van der Waals surface area (Å²) in [7, 11) is 2.03. The van der Waals surface area contributed by atoms with Crippen LogP contribution in [0.2, 0.25) is 0 Å². The Balaban J connectivity index is 1.86. The third kappa shape index (κ3) is 2.52. The van der Waals surface area contributed by atoms with E-state index in [0.717, 1.165) is 30.5 Å². The molecule has 2 heterocycles. The number of nitrogens with zero attached hydrogens (tertiary/aromatic N) is 4. The van der Waals surface area contributed by atoms with Crippen LogP contribution in [-0.4, -0.2) is 30.1 Å². The smallest absolute Gasteiger partial charge is 0.227 e. The fourth-order valence-electron chi connectivity index (χ4n) is 2.38. The Hall–Kier alpha value is -2.10. The maximum absolute atomic E-state index is 4.67. The Morgan fingerprint density at radius 3 is 2.53 bits per heavy atom. The van der Waals surface area contributed by atoms with E-state index in [1.807, 2.05) is 37.5 Å². The zero-order chi connectivity index (χ0) is 13.1. The van der Waals surface area contributed by atoms with Crippen LogP contribution in [0.25, 0.3) is 0 Å². The highest BCUT2D eigenvalue weighted by Crippen LogP contribution is 2.23. The molecule has 0 radical (unpaired) electrons. The van der Waals surface area contributed by atoms with Gasteiger partial charge in [0.15, 0.2) is 0 Å². The van der Waals surface area contributed by atoms with Crippen LogP contribution in [0.3, 0.4) is 0 Å². The molecule has 0 saturated carbocycles. The molecule has 1 aromatic heterocycles. The van der Waals surface area contributed by atoms with Crippen molar-refractivity contribution in [3.05, 3.63) is 42.6 Å². The van der Waals surface area contributed by atoms with Crippen molar-refractivity contribution in [1.82, 2.24) is 9.97 Å². The number of hydrogen-bond acceptors (Lipinski definition) is 4. The van der Waals surface area contributed by atoms with E-state index in [2.05, 4.69) is 31.9 Å². The van der Waals surface area contributed by atoms with E-state index in [-0.39, 0.29) is 0 Å². The van der Waals surface area contributed by atoms with Crippen LogP contribution in [0.15, 0.2) is 42.6 Å². The molecule has 4 nitrogen and oxygen atoms in total. The predicted octanol–water partition coefficient (Wildman–Crippen LogP) is 2.84. The van der Waals surface area contributed by atoms with E-state index >= 15 is 0 Å². The predicted molar refractivity (Wildman–Crippen MR) is 78.0 cm³/mol. The molecule has 1 aliphatic heterocycles. The van der Waals surface area contributed by atoms with E-state index in [0.29, 0.717) is 0 Å². The number of aromatic nitrogens is 2. The molecule has 0 atom stereocenters. The molecule has 2 aromatic rings.